The van der Waals surface area contributed by atoms with Crippen molar-refractivity contribution >= 4 is 29.1 Å². The summed E-state index contributed by atoms with van der Waals surface area (Å²) in [5, 5.41) is 0.850. The molecule has 1 aromatic rings. The van der Waals surface area contributed by atoms with Crippen molar-refractivity contribution in [3.8, 4) is 0 Å². The van der Waals surface area contributed by atoms with Crippen molar-refractivity contribution in [2.24, 2.45) is 17.8 Å². The van der Waals surface area contributed by atoms with Gasteiger partial charge in [-0.15, -0.1) is 0 Å². The second-order valence-electron chi connectivity index (χ2n) is 6.77. The molecule has 4 aliphatic carbocycles. The summed E-state index contributed by atoms with van der Waals surface area (Å²) in [5.41, 5.74) is 9.33. The quantitative estimate of drug-likeness (QED) is 0.807. The predicted molar refractivity (Wildman–Crippen MR) is 87.6 cm³/mol. The lowest BCUT2D eigenvalue weighted by molar-refractivity contribution is 0.0925. The molecule has 4 aliphatic rings. The third-order valence-corrected chi connectivity index (χ3v) is 5.99. The normalized spacial score (nSPS) is 28.9. The Kier molecular flexibility index (Phi) is 3.58. The molecule has 0 spiro atoms. The molecule has 2 unspecified atom stereocenters. The summed E-state index contributed by atoms with van der Waals surface area (Å²) in [5.74, 6) is 2.18. The number of amides is 1. The minimum absolute atomic E-state index is 0.180. The van der Waals surface area contributed by atoms with Crippen LogP contribution in [0.1, 0.15) is 42.5 Å². The fourth-order valence-corrected chi connectivity index (χ4v) is 4.74. The van der Waals surface area contributed by atoms with Crippen LogP contribution in [0.15, 0.2) is 29.5 Å². The third kappa shape index (κ3) is 2.50. The van der Waals surface area contributed by atoms with E-state index in [0.717, 1.165) is 11.8 Å². The number of benzene rings is 1. The molecule has 5 rings (SSSR count). The van der Waals surface area contributed by atoms with Crippen LogP contribution in [0, 0.1) is 17.8 Å². The Morgan fingerprint density at radius 3 is 2.41 bits per heavy atom. The first-order valence-electron chi connectivity index (χ1n) is 7.83. The lowest BCUT2D eigenvalue weighted by atomic mass is 9.60. The number of nitrogens with one attached hydrogen (secondary N) is 2. The molecule has 2 saturated carbocycles. The van der Waals surface area contributed by atoms with Crippen LogP contribution in [0.25, 0.3) is 0 Å². The highest BCUT2D eigenvalue weighted by molar-refractivity contribution is 6.42. The molecule has 5 heteroatoms. The summed E-state index contributed by atoms with van der Waals surface area (Å²) in [6, 6.07) is 4.92. The lowest BCUT2D eigenvalue weighted by Crippen LogP contribution is -2.45. The average molecular weight is 337 g/mol. The number of carbonyl (C=O) groups is 1. The fourth-order valence-electron chi connectivity index (χ4n) is 4.45. The average Bonchev–Trinajstić information content (AvgIpc) is 2.48. The maximum atomic E-state index is 12.2. The van der Waals surface area contributed by atoms with Gasteiger partial charge >= 0.3 is 0 Å². The first-order valence-corrected chi connectivity index (χ1v) is 8.59. The Hall–Kier alpha value is -1.19. The van der Waals surface area contributed by atoms with Gasteiger partial charge in [0.15, 0.2) is 0 Å². The molecule has 4 bridgehead atoms. The first kappa shape index (κ1) is 14.4. The van der Waals surface area contributed by atoms with Crippen LogP contribution in [0.5, 0.6) is 0 Å². The highest BCUT2D eigenvalue weighted by Crippen LogP contribution is 2.52. The van der Waals surface area contributed by atoms with Crippen LogP contribution in [-0.2, 0) is 0 Å². The van der Waals surface area contributed by atoms with Gasteiger partial charge in [-0.25, -0.2) is 0 Å². The minimum atomic E-state index is -0.180. The van der Waals surface area contributed by atoms with E-state index in [1.54, 1.807) is 18.2 Å². The van der Waals surface area contributed by atoms with Crippen molar-refractivity contribution in [1.82, 2.24) is 10.9 Å². The van der Waals surface area contributed by atoms with Gasteiger partial charge in [-0.1, -0.05) is 23.2 Å². The molecule has 1 amide bonds. The number of allylic oxidation sites excluding steroid dienone is 2. The smallest absolute Gasteiger partial charge is 0.269 e. The molecule has 3 nitrogen and oxygen atoms in total. The van der Waals surface area contributed by atoms with E-state index in [4.69, 9.17) is 23.2 Å². The zero-order chi connectivity index (χ0) is 15.3. The maximum Gasteiger partial charge on any atom is 0.269 e. The molecule has 2 atom stereocenters. The van der Waals surface area contributed by atoms with E-state index in [2.05, 4.69) is 10.9 Å². The molecule has 116 valence electrons. The second-order valence-corrected chi connectivity index (χ2v) is 7.58. The van der Waals surface area contributed by atoms with Gasteiger partial charge in [0.05, 0.1) is 10.0 Å². The summed E-state index contributed by atoms with van der Waals surface area (Å²) in [7, 11) is 0. The Labute approximate surface area is 140 Å². The van der Waals surface area contributed by atoms with E-state index in [9.17, 15) is 4.79 Å². The summed E-state index contributed by atoms with van der Waals surface area (Å²) in [6.07, 6.45) is 6.36. The number of hydrogen-bond acceptors (Lipinski definition) is 2. The lowest BCUT2D eigenvalue weighted by Gasteiger charge is -2.47. The molecule has 0 heterocycles. The van der Waals surface area contributed by atoms with Gasteiger partial charge in [-0.2, -0.15) is 0 Å². The van der Waals surface area contributed by atoms with Gasteiger partial charge in [0.1, 0.15) is 0 Å². The Balaban J connectivity index is 1.46. The van der Waals surface area contributed by atoms with E-state index in [0.29, 0.717) is 21.5 Å². The summed E-state index contributed by atoms with van der Waals surface area (Å²) < 4.78 is 0. The molecule has 0 aliphatic heterocycles. The van der Waals surface area contributed by atoms with E-state index >= 15 is 0 Å². The van der Waals surface area contributed by atoms with Gasteiger partial charge in [0.25, 0.3) is 5.91 Å². The largest absolute Gasteiger partial charge is 0.302 e. The first-order chi connectivity index (χ1) is 10.6. The van der Waals surface area contributed by atoms with Crippen LogP contribution in [0.3, 0.4) is 0 Å². The number of carbonyl (C=O) groups excluding carboxylic acids is 1. The maximum absolute atomic E-state index is 12.2. The Morgan fingerprint density at radius 2 is 1.77 bits per heavy atom. The zero-order valence-electron chi connectivity index (χ0n) is 12.2. The van der Waals surface area contributed by atoms with Crippen molar-refractivity contribution in [1.29, 1.82) is 0 Å². The van der Waals surface area contributed by atoms with Gasteiger partial charge in [0, 0.05) is 17.2 Å². The minimum Gasteiger partial charge on any atom is -0.302 e. The van der Waals surface area contributed by atoms with Gasteiger partial charge in [-0.3, -0.25) is 10.2 Å². The Bertz CT molecular complexity index is 655. The van der Waals surface area contributed by atoms with Crippen molar-refractivity contribution < 1.29 is 4.79 Å². The van der Waals surface area contributed by atoms with Gasteiger partial charge in [0.2, 0.25) is 0 Å². The van der Waals surface area contributed by atoms with E-state index in [1.807, 2.05) is 0 Å². The summed E-state index contributed by atoms with van der Waals surface area (Å²) in [4.78, 5) is 12.2. The zero-order valence-corrected chi connectivity index (χ0v) is 13.7. The van der Waals surface area contributed by atoms with Crippen LogP contribution < -0.4 is 10.9 Å². The number of hydrogen-bond donors (Lipinski definition) is 2. The number of rotatable bonds is 3. The fraction of sp³-hybridized carbons (Fsp3) is 0.471. The van der Waals surface area contributed by atoms with Gasteiger partial charge in [-0.05, 0) is 67.7 Å². The van der Waals surface area contributed by atoms with Crippen molar-refractivity contribution in [2.75, 3.05) is 0 Å². The molecule has 22 heavy (non-hydrogen) atoms. The van der Waals surface area contributed by atoms with E-state index in [-0.39, 0.29) is 5.91 Å². The second kappa shape index (κ2) is 5.47. The standard InChI is InChI=1S/C17H18Cl2N2O/c18-14-2-1-11(8-15(14)19)17(22)21-20-16-12-4-9-3-10(6-12)7-13(16)5-9/h1-2,8-10,12,20H,3-7H2,(H,21,22). The van der Waals surface area contributed by atoms with Gasteiger partial charge < -0.3 is 5.43 Å². The molecule has 0 saturated heterocycles. The molecule has 0 aromatic heterocycles. The molecule has 1 aromatic carbocycles. The highest BCUT2D eigenvalue weighted by atomic mass is 35.5. The Morgan fingerprint density at radius 1 is 1.05 bits per heavy atom. The van der Waals surface area contributed by atoms with Crippen molar-refractivity contribution in [3.63, 3.8) is 0 Å². The van der Waals surface area contributed by atoms with Crippen molar-refractivity contribution in [3.05, 3.63) is 45.1 Å². The number of hydrazine groups is 1. The SMILES string of the molecule is O=C(NNC1=C2CC3CC(C2)CC1C3)c1ccc(Cl)c(Cl)c1. The molecule has 2 fully saturated rings. The molecular weight excluding hydrogens is 319 g/mol. The predicted octanol–water partition coefficient (Wildman–Crippen LogP) is 4.32. The summed E-state index contributed by atoms with van der Waals surface area (Å²) in [6.45, 7) is 0. The van der Waals surface area contributed by atoms with Crippen LogP contribution >= 0.6 is 23.2 Å². The van der Waals surface area contributed by atoms with Crippen molar-refractivity contribution in [2.45, 2.75) is 32.1 Å². The topological polar surface area (TPSA) is 41.1 Å². The third-order valence-electron chi connectivity index (χ3n) is 5.25. The van der Waals surface area contributed by atoms with E-state index in [1.165, 1.54) is 43.4 Å². The molecular formula is C17H18Cl2N2O. The monoisotopic (exact) mass is 336 g/mol. The van der Waals surface area contributed by atoms with E-state index < -0.39 is 0 Å². The number of halogens is 2. The van der Waals surface area contributed by atoms with Crippen LogP contribution in [-0.4, -0.2) is 5.91 Å². The molecule has 0 radical (unpaired) electrons. The summed E-state index contributed by atoms with van der Waals surface area (Å²) >= 11 is 11.8. The van der Waals surface area contributed by atoms with Crippen LogP contribution in [0.4, 0.5) is 0 Å². The highest BCUT2D eigenvalue weighted by Gasteiger charge is 2.41. The van der Waals surface area contributed by atoms with Crippen LogP contribution in [0.2, 0.25) is 10.0 Å². The molecule has 2 N–H and O–H groups in total.